The van der Waals surface area contributed by atoms with Gasteiger partial charge in [0.15, 0.2) is 0 Å². The number of hydrazine groups is 1. The number of hydrogen-bond acceptors (Lipinski definition) is 6. The molecule has 1 unspecified atom stereocenters. The summed E-state index contributed by atoms with van der Waals surface area (Å²) in [6, 6.07) is 5.39. The highest BCUT2D eigenvalue weighted by Gasteiger charge is 2.29. The average molecular weight is 364 g/mol. The Balaban J connectivity index is 2.13. The van der Waals surface area contributed by atoms with Crippen molar-refractivity contribution >= 4 is 17.5 Å². The van der Waals surface area contributed by atoms with Crippen molar-refractivity contribution in [3.05, 3.63) is 74.8 Å². The maximum atomic E-state index is 12.3. The molecule has 1 aliphatic carbocycles. The summed E-state index contributed by atoms with van der Waals surface area (Å²) >= 11 is 0. The van der Waals surface area contributed by atoms with Crippen molar-refractivity contribution in [2.75, 3.05) is 7.05 Å². The third kappa shape index (κ3) is 3.33. The number of nitrogens with two attached hydrogens (primary N) is 1. The monoisotopic (exact) mass is 364 g/mol. The van der Waals surface area contributed by atoms with Gasteiger partial charge in [-0.25, -0.2) is 10.4 Å². The Kier molecular flexibility index (Phi) is 4.58. The molecule has 0 saturated heterocycles. The van der Waals surface area contributed by atoms with Gasteiger partial charge in [-0.15, -0.1) is 0 Å². The van der Waals surface area contributed by atoms with Crippen molar-refractivity contribution in [2.24, 2.45) is 11.8 Å². The Labute approximate surface area is 154 Å². The second kappa shape index (κ2) is 6.86. The van der Waals surface area contributed by atoms with Gasteiger partial charge in [0.2, 0.25) is 0 Å². The van der Waals surface area contributed by atoms with Crippen LogP contribution in [0.1, 0.15) is 18.1 Å². The molecule has 2 aromatic rings. The minimum Gasteiger partial charge on any atom is -0.280 e. The van der Waals surface area contributed by atoms with Crippen LogP contribution >= 0.6 is 0 Å². The number of pyridine rings is 1. The summed E-state index contributed by atoms with van der Waals surface area (Å²) in [5.41, 5.74) is 2.45. The van der Waals surface area contributed by atoms with E-state index in [1.807, 2.05) is 0 Å². The van der Waals surface area contributed by atoms with E-state index >= 15 is 0 Å². The first kappa shape index (κ1) is 18.0. The molecule has 136 valence electrons. The molecule has 9 heteroatoms. The Hall–Kier alpha value is -3.77. The number of aromatic nitrogens is 2. The lowest BCUT2D eigenvalue weighted by atomic mass is 9.85. The van der Waals surface area contributed by atoms with E-state index in [0.717, 1.165) is 5.01 Å². The smallest absolute Gasteiger partial charge is 0.270 e. The number of nitro groups is 1. The molecule has 2 N–H and O–H groups in total. The van der Waals surface area contributed by atoms with Gasteiger partial charge in [0.1, 0.15) is 0 Å². The number of likely N-dealkylation sites (N-methyl/N-ethyl adjacent to an activating group) is 1. The maximum Gasteiger partial charge on any atom is 0.270 e. The van der Waals surface area contributed by atoms with Gasteiger partial charge in [-0.2, -0.15) is 10.4 Å². The second-order valence-corrected chi connectivity index (χ2v) is 6.17. The summed E-state index contributed by atoms with van der Waals surface area (Å²) in [4.78, 5) is 23.1. The molecule has 1 aliphatic rings. The zero-order chi connectivity index (χ0) is 19.7. The van der Waals surface area contributed by atoms with Gasteiger partial charge in [0, 0.05) is 42.5 Å². The van der Waals surface area contributed by atoms with Gasteiger partial charge < -0.3 is 0 Å². The molecular weight excluding hydrogens is 348 g/mol. The van der Waals surface area contributed by atoms with Crippen molar-refractivity contribution in [3.8, 4) is 6.07 Å². The molecule has 9 nitrogen and oxygen atoms in total. The molecule has 0 fully saturated rings. The number of amides is 1. The standard InChI is InChI=1S/C18H16N6O3/c1-11-13(7-15(24(26)27)8-16(11)18(25)22(2)20)6-14-10-21-23-4-3-12(9-19)5-17(14)23/h3-8,10-11H,20H2,1-2H3. The number of carbonyl (C=O) groups is 1. The number of rotatable bonds is 3. The summed E-state index contributed by atoms with van der Waals surface area (Å²) in [6.07, 6.45) is 7.67. The fraction of sp³-hybridized carbons (Fsp3) is 0.167. The molecule has 0 radical (unpaired) electrons. The molecule has 0 aliphatic heterocycles. The maximum absolute atomic E-state index is 12.3. The van der Waals surface area contributed by atoms with Gasteiger partial charge in [0.25, 0.3) is 11.6 Å². The molecular formula is C18H16N6O3. The van der Waals surface area contributed by atoms with E-state index in [1.54, 1.807) is 42.0 Å². The minimum absolute atomic E-state index is 0.196. The van der Waals surface area contributed by atoms with Crippen LogP contribution in [0, 0.1) is 27.4 Å². The van der Waals surface area contributed by atoms with Gasteiger partial charge >= 0.3 is 0 Å². The largest absolute Gasteiger partial charge is 0.280 e. The van der Waals surface area contributed by atoms with Gasteiger partial charge in [0.05, 0.1) is 28.3 Å². The van der Waals surface area contributed by atoms with E-state index < -0.39 is 16.7 Å². The molecule has 27 heavy (non-hydrogen) atoms. The van der Waals surface area contributed by atoms with Crippen LogP contribution in [-0.4, -0.2) is 32.5 Å². The first-order valence-electron chi connectivity index (χ1n) is 8.01. The van der Waals surface area contributed by atoms with Crippen molar-refractivity contribution in [1.29, 1.82) is 5.26 Å². The lowest BCUT2D eigenvalue weighted by Gasteiger charge is -2.22. The molecule has 1 atom stereocenters. The van der Waals surface area contributed by atoms with Gasteiger partial charge in [-0.1, -0.05) is 6.92 Å². The lowest BCUT2D eigenvalue weighted by molar-refractivity contribution is -0.419. The zero-order valence-electron chi connectivity index (χ0n) is 14.7. The Morgan fingerprint density at radius 1 is 1.52 bits per heavy atom. The third-order valence-corrected chi connectivity index (χ3v) is 4.37. The number of fused-ring (bicyclic) bond motifs is 1. The molecule has 2 aromatic heterocycles. The highest BCUT2D eigenvalue weighted by atomic mass is 16.6. The molecule has 1 amide bonds. The van der Waals surface area contributed by atoms with Crippen LogP contribution in [0.2, 0.25) is 0 Å². The first-order chi connectivity index (χ1) is 12.8. The van der Waals surface area contributed by atoms with Crippen LogP contribution in [0.3, 0.4) is 0 Å². The van der Waals surface area contributed by atoms with Crippen molar-refractivity contribution in [1.82, 2.24) is 14.6 Å². The zero-order valence-corrected chi connectivity index (χ0v) is 14.7. The van der Waals surface area contributed by atoms with E-state index in [2.05, 4.69) is 11.2 Å². The summed E-state index contributed by atoms with van der Waals surface area (Å²) in [5.74, 6) is 4.63. The van der Waals surface area contributed by atoms with E-state index in [4.69, 9.17) is 11.1 Å². The van der Waals surface area contributed by atoms with E-state index in [9.17, 15) is 14.9 Å². The number of nitriles is 1. The van der Waals surface area contributed by atoms with Crippen LogP contribution in [0.15, 0.2) is 53.5 Å². The second-order valence-electron chi connectivity index (χ2n) is 6.17. The fourth-order valence-electron chi connectivity index (χ4n) is 2.88. The number of allylic oxidation sites excluding steroid dienone is 3. The predicted octanol–water partition coefficient (Wildman–Crippen LogP) is 1.66. The quantitative estimate of drug-likeness (QED) is 0.381. The number of carbonyl (C=O) groups excluding carboxylic acids is 1. The highest BCUT2D eigenvalue weighted by molar-refractivity contribution is 5.95. The molecule has 0 spiro atoms. The number of nitrogens with zero attached hydrogens (tertiary/aromatic N) is 5. The van der Waals surface area contributed by atoms with Crippen LogP contribution in [0.5, 0.6) is 0 Å². The summed E-state index contributed by atoms with van der Waals surface area (Å²) in [7, 11) is 1.39. The summed E-state index contributed by atoms with van der Waals surface area (Å²) in [5, 5.41) is 25.5. The van der Waals surface area contributed by atoms with Crippen molar-refractivity contribution < 1.29 is 9.72 Å². The van der Waals surface area contributed by atoms with Crippen LogP contribution in [0.25, 0.3) is 11.6 Å². The Bertz CT molecular complexity index is 1080. The average Bonchev–Trinajstić information content (AvgIpc) is 3.04. The van der Waals surface area contributed by atoms with Gasteiger partial charge in [-0.05, 0) is 23.8 Å². The Morgan fingerprint density at radius 3 is 2.89 bits per heavy atom. The molecule has 0 saturated carbocycles. The molecule has 0 bridgehead atoms. The minimum atomic E-state index is -0.548. The van der Waals surface area contributed by atoms with Crippen LogP contribution in [-0.2, 0) is 4.79 Å². The topological polar surface area (TPSA) is 131 Å². The van der Waals surface area contributed by atoms with Crippen molar-refractivity contribution in [2.45, 2.75) is 6.92 Å². The van der Waals surface area contributed by atoms with Gasteiger partial charge in [-0.3, -0.25) is 19.9 Å². The number of hydrogen-bond donors (Lipinski definition) is 1. The fourth-order valence-corrected chi connectivity index (χ4v) is 2.88. The lowest BCUT2D eigenvalue weighted by Crippen LogP contribution is -2.36. The van der Waals surface area contributed by atoms with Crippen molar-refractivity contribution in [3.63, 3.8) is 0 Å². The molecule has 2 heterocycles. The van der Waals surface area contributed by atoms with Crippen LogP contribution < -0.4 is 5.84 Å². The van der Waals surface area contributed by atoms with E-state index in [0.29, 0.717) is 22.2 Å². The normalized spacial score (nSPS) is 18.0. The van der Waals surface area contributed by atoms with E-state index in [-0.39, 0.29) is 11.3 Å². The first-order valence-corrected chi connectivity index (χ1v) is 8.01. The third-order valence-electron chi connectivity index (χ3n) is 4.37. The summed E-state index contributed by atoms with van der Waals surface area (Å²) < 4.78 is 1.61. The highest BCUT2D eigenvalue weighted by Crippen LogP contribution is 2.31. The molecule has 0 aromatic carbocycles. The SMILES string of the molecule is CC1C(=Cc2cnn3ccc(C#N)cc23)C=C([N+](=O)[O-])C=C1C(=O)N(C)N. The Morgan fingerprint density at radius 2 is 2.26 bits per heavy atom. The molecule has 3 rings (SSSR count). The summed E-state index contributed by atoms with van der Waals surface area (Å²) in [6.45, 7) is 1.78. The van der Waals surface area contributed by atoms with Crippen LogP contribution in [0.4, 0.5) is 0 Å². The van der Waals surface area contributed by atoms with E-state index in [1.165, 1.54) is 19.2 Å². The predicted molar refractivity (Wildman–Crippen MR) is 97.2 cm³/mol.